The zero-order valence-corrected chi connectivity index (χ0v) is 19.1. The molecule has 0 spiro atoms. The van der Waals surface area contributed by atoms with E-state index in [1.54, 1.807) is 0 Å². The van der Waals surface area contributed by atoms with E-state index in [9.17, 15) is 0 Å². The van der Waals surface area contributed by atoms with Crippen LogP contribution in [0.4, 0.5) is 0 Å². The Balaban J connectivity index is 0.00000192. The standard InChI is InChI=1S/C20H26ClN3O3.HI/c1-22-20(24-10-13-14(11-24)17-3-2-16(13)27-17)23-5-4-12-8-15(21)19-18(9-12)25-6-7-26-19;/h8-9,13-14,16-17H,2-7,10-11H2,1H3,(H,22,23);1H. The van der Waals surface area contributed by atoms with E-state index in [1.807, 2.05) is 19.2 Å². The summed E-state index contributed by atoms with van der Waals surface area (Å²) in [6.07, 6.45) is 4.27. The zero-order chi connectivity index (χ0) is 18.4. The number of nitrogens with zero attached hydrogens (tertiary/aromatic N) is 2. The van der Waals surface area contributed by atoms with Crippen molar-refractivity contribution in [3.05, 3.63) is 22.7 Å². The molecule has 0 aromatic heterocycles. The fourth-order valence-electron chi connectivity index (χ4n) is 5.09. The lowest BCUT2D eigenvalue weighted by atomic mass is 9.82. The van der Waals surface area contributed by atoms with Gasteiger partial charge < -0.3 is 24.4 Å². The van der Waals surface area contributed by atoms with Gasteiger partial charge in [-0.15, -0.1) is 24.0 Å². The molecule has 0 amide bonds. The van der Waals surface area contributed by atoms with Crippen molar-refractivity contribution in [1.29, 1.82) is 0 Å². The molecule has 154 valence electrons. The van der Waals surface area contributed by atoms with Crippen LogP contribution in [0.15, 0.2) is 17.1 Å². The maximum absolute atomic E-state index is 6.34. The second-order valence-corrected chi connectivity index (χ2v) is 8.26. The molecule has 4 aliphatic rings. The molecular formula is C20H27ClIN3O3. The van der Waals surface area contributed by atoms with Crippen LogP contribution in [0.3, 0.4) is 0 Å². The highest BCUT2D eigenvalue weighted by Crippen LogP contribution is 2.47. The highest BCUT2D eigenvalue weighted by molar-refractivity contribution is 14.0. The molecule has 28 heavy (non-hydrogen) atoms. The first-order valence-electron chi connectivity index (χ1n) is 9.92. The maximum Gasteiger partial charge on any atom is 0.193 e. The number of hydrogen-bond donors (Lipinski definition) is 1. The molecule has 8 heteroatoms. The first kappa shape index (κ1) is 20.3. The summed E-state index contributed by atoms with van der Waals surface area (Å²) in [5.74, 6) is 3.76. The van der Waals surface area contributed by atoms with Crippen LogP contribution in [-0.2, 0) is 11.2 Å². The molecule has 1 aromatic rings. The Morgan fingerprint density at radius 3 is 2.61 bits per heavy atom. The molecule has 3 fully saturated rings. The number of rotatable bonds is 3. The monoisotopic (exact) mass is 519 g/mol. The minimum absolute atomic E-state index is 0. The van der Waals surface area contributed by atoms with Crippen LogP contribution in [0.5, 0.6) is 11.5 Å². The highest BCUT2D eigenvalue weighted by Gasteiger charge is 2.53. The normalized spacial score (nSPS) is 30.2. The first-order chi connectivity index (χ1) is 13.2. The Labute approximate surface area is 188 Å². The lowest BCUT2D eigenvalue weighted by Crippen LogP contribution is -2.42. The van der Waals surface area contributed by atoms with Crippen molar-refractivity contribution in [1.82, 2.24) is 10.2 Å². The fraction of sp³-hybridized carbons (Fsp3) is 0.650. The maximum atomic E-state index is 6.34. The number of likely N-dealkylation sites (tertiary alicyclic amines) is 1. The molecule has 0 radical (unpaired) electrons. The van der Waals surface area contributed by atoms with Gasteiger partial charge in [0.25, 0.3) is 0 Å². The Bertz CT molecular complexity index is 744. The van der Waals surface area contributed by atoms with Crippen LogP contribution in [0.2, 0.25) is 5.02 Å². The van der Waals surface area contributed by atoms with E-state index in [2.05, 4.69) is 15.2 Å². The fourth-order valence-corrected chi connectivity index (χ4v) is 5.38. The minimum Gasteiger partial charge on any atom is -0.486 e. The topological polar surface area (TPSA) is 55.3 Å². The van der Waals surface area contributed by atoms with Gasteiger partial charge in [-0.1, -0.05) is 11.6 Å². The molecule has 2 bridgehead atoms. The summed E-state index contributed by atoms with van der Waals surface area (Å²) in [5, 5.41) is 4.14. The SMILES string of the molecule is CN=C(NCCc1cc(Cl)c2c(c1)OCCO2)N1CC2C3CCC(O3)C2C1.I. The molecule has 0 saturated carbocycles. The van der Waals surface area contributed by atoms with Gasteiger partial charge in [0.15, 0.2) is 17.5 Å². The zero-order valence-electron chi connectivity index (χ0n) is 16.0. The first-order valence-corrected chi connectivity index (χ1v) is 10.3. The van der Waals surface area contributed by atoms with Gasteiger partial charge in [-0.3, -0.25) is 4.99 Å². The van der Waals surface area contributed by atoms with Gasteiger partial charge in [-0.05, 0) is 37.0 Å². The quantitative estimate of drug-likeness (QED) is 0.378. The molecule has 4 heterocycles. The summed E-state index contributed by atoms with van der Waals surface area (Å²) in [6.45, 7) is 4.04. The van der Waals surface area contributed by atoms with E-state index in [0.717, 1.165) is 43.3 Å². The summed E-state index contributed by atoms with van der Waals surface area (Å²) in [7, 11) is 1.86. The number of halogens is 2. The van der Waals surface area contributed by atoms with Crippen molar-refractivity contribution in [2.24, 2.45) is 16.8 Å². The van der Waals surface area contributed by atoms with E-state index in [-0.39, 0.29) is 24.0 Å². The van der Waals surface area contributed by atoms with Crippen molar-refractivity contribution in [2.75, 3.05) is 39.9 Å². The van der Waals surface area contributed by atoms with Gasteiger partial charge in [0.2, 0.25) is 0 Å². The average Bonchev–Trinajstić information content (AvgIpc) is 3.38. The Morgan fingerprint density at radius 2 is 1.89 bits per heavy atom. The number of hydrogen-bond acceptors (Lipinski definition) is 4. The summed E-state index contributed by atoms with van der Waals surface area (Å²) >= 11 is 6.34. The number of nitrogens with one attached hydrogen (secondary N) is 1. The van der Waals surface area contributed by atoms with E-state index in [0.29, 0.717) is 48.0 Å². The van der Waals surface area contributed by atoms with E-state index < -0.39 is 0 Å². The molecule has 4 unspecified atom stereocenters. The summed E-state index contributed by atoms with van der Waals surface area (Å²) in [6, 6.07) is 3.99. The van der Waals surface area contributed by atoms with Crippen LogP contribution < -0.4 is 14.8 Å². The van der Waals surface area contributed by atoms with Crippen molar-refractivity contribution < 1.29 is 14.2 Å². The molecule has 4 atom stereocenters. The van der Waals surface area contributed by atoms with Crippen LogP contribution >= 0.6 is 35.6 Å². The van der Waals surface area contributed by atoms with Gasteiger partial charge in [0, 0.05) is 38.5 Å². The van der Waals surface area contributed by atoms with Crippen LogP contribution in [0.25, 0.3) is 0 Å². The summed E-state index contributed by atoms with van der Waals surface area (Å²) in [5.41, 5.74) is 1.14. The van der Waals surface area contributed by atoms with Crippen molar-refractivity contribution in [3.8, 4) is 11.5 Å². The van der Waals surface area contributed by atoms with E-state index in [1.165, 1.54) is 12.8 Å². The molecular weight excluding hydrogens is 493 g/mol. The third kappa shape index (κ3) is 3.65. The van der Waals surface area contributed by atoms with Crippen LogP contribution in [0.1, 0.15) is 18.4 Å². The van der Waals surface area contributed by atoms with Crippen LogP contribution in [-0.4, -0.2) is 63.0 Å². The third-order valence-corrected chi connectivity index (χ3v) is 6.60. The Morgan fingerprint density at radius 1 is 1.18 bits per heavy atom. The van der Waals surface area contributed by atoms with E-state index in [4.69, 9.17) is 25.8 Å². The molecule has 5 rings (SSSR count). The van der Waals surface area contributed by atoms with Crippen molar-refractivity contribution in [2.45, 2.75) is 31.5 Å². The predicted octanol–water partition coefficient (Wildman–Crippen LogP) is 2.96. The lowest BCUT2D eigenvalue weighted by molar-refractivity contribution is 0.0767. The Kier molecular flexibility index (Phi) is 6.13. The van der Waals surface area contributed by atoms with Gasteiger partial charge in [-0.25, -0.2) is 0 Å². The van der Waals surface area contributed by atoms with Crippen molar-refractivity contribution >= 4 is 41.5 Å². The molecule has 3 saturated heterocycles. The molecule has 4 aliphatic heterocycles. The largest absolute Gasteiger partial charge is 0.486 e. The van der Waals surface area contributed by atoms with Gasteiger partial charge in [0.1, 0.15) is 13.2 Å². The van der Waals surface area contributed by atoms with Gasteiger partial charge >= 0.3 is 0 Å². The minimum atomic E-state index is 0. The summed E-state index contributed by atoms with van der Waals surface area (Å²) < 4.78 is 17.3. The molecule has 1 aromatic carbocycles. The second kappa shape index (κ2) is 8.44. The predicted molar refractivity (Wildman–Crippen MR) is 119 cm³/mol. The highest BCUT2D eigenvalue weighted by atomic mass is 127. The lowest BCUT2D eigenvalue weighted by Gasteiger charge is -2.24. The van der Waals surface area contributed by atoms with Gasteiger partial charge in [0.05, 0.1) is 17.2 Å². The van der Waals surface area contributed by atoms with Crippen molar-refractivity contribution in [3.63, 3.8) is 0 Å². The number of fused-ring (bicyclic) bond motifs is 6. The van der Waals surface area contributed by atoms with E-state index >= 15 is 0 Å². The average molecular weight is 520 g/mol. The molecule has 1 N–H and O–H groups in total. The summed E-state index contributed by atoms with van der Waals surface area (Å²) in [4.78, 5) is 6.91. The third-order valence-electron chi connectivity index (χ3n) is 6.32. The second-order valence-electron chi connectivity index (χ2n) is 7.85. The molecule has 0 aliphatic carbocycles. The molecule has 6 nitrogen and oxygen atoms in total. The number of ether oxygens (including phenoxy) is 3. The Hall–Kier alpha value is -0.930. The number of guanidine groups is 1. The van der Waals surface area contributed by atoms with Gasteiger partial charge in [-0.2, -0.15) is 0 Å². The van der Waals surface area contributed by atoms with Crippen LogP contribution in [0, 0.1) is 11.8 Å². The number of aliphatic imine (C=N–C) groups is 1. The number of benzene rings is 1. The smallest absolute Gasteiger partial charge is 0.193 e.